The van der Waals surface area contributed by atoms with E-state index in [1.165, 1.54) is 12.3 Å². The summed E-state index contributed by atoms with van der Waals surface area (Å²) in [6.07, 6.45) is -2.93. The van der Waals surface area contributed by atoms with E-state index in [9.17, 15) is 13.2 Å². The summed E-state index contributed by atoms with van der Waals surface area (Å²) in [6, 6.07) is 3.03. The first-order valence-corrected chi connectivity index (χ1v) is 7.29. The Hall–Kier alpha value is -1.30. The number of guanidine groups is 1. The molecule has 144 valence electrons. The van der Waals surface area contributed by atoms with Crippen molar-refractivity contribution < 1.29 is 22.6 Å². The van der Waals surface area contributed by atoms with Crippen LogP contribution in [0.2, 0.25) is 0 Å². The summed E-state index contributed by atoms with van der Waals surface area (Å²) in [5, 5.41) is 6.20. The van der Waals surface area contributed by atoms with Crippen molar-refractivity contribution in [2.45, 2.75) is 32.2 Å². The normalized spacial score (nSPS) is 12.4. The summed E-state index contributed by atoms with van der Waals surface area (Å²) in [5.74, 6) is 0.512. The van der Waals surface area contributed by atoms with Gasteiger partial charge < -0.3 is 20.1 Å². The van der Waals surface area contributed by atoms with Crippen LogP contribution in [-0.4, -0.2) is 50.0 Å². The molecule has 0 saturated carbocycles. The molecular formula is C15H24F3IN4O2. The van der Waals surface area contributed by atoms with Crippen LogP contribution in [0.15, 0.2) is 23.3 Å². The molecule has 0 aliphatic rings. The van der Waals surface area contributed by atoms with Crippen LogP contribution in [0.5, 0.6) is 5.88 Å². The predicted molar refractivity (Wildman–Crippen MR) is 100 cm³/mol. The molecule has 1 heterocycles. The van der Waals surface area contributed by atoms with Crippen LogP contribution in [-0.2, 0) is 11.3 Å². The standard InChI is InChI=1S/C15H23F3N4O2.HI/c1-14(2,23-4)9-22-13(19-3)21-8-11-5-6-12(20-7-11)24-10-15(16,17)18;/h5-7H,8-10H2,1-4H3,(H2,19,21,22);1H. The van der Waals surface area contributed by atoms with Gasteiger partial charge in [-0.1, -0.05) is 6.07 Å². The highest BCUT2D eigenvalue weighted by Crippen LogP contribution is 2.17. The fraction of sp³-hybridized carbons (Fsp3) is 0.600. The minimum atomic E-state index is -4.38. The second-order valence-electron chi connectivity index (χ2n) is 5.65. The van der Waals surface area contributed by atoms with Crippen molar-refractivity contribution in [2.75, 3.05) is 27.3 Å². The monoisotopic (exact) mass is 476 g/mol. The van der Waals surface area contributed by atoms with Crippen molar-refractivity contribution in [3.63, 3.8) is 0 Å². The van der Waals surface area contributed by atoms with E-state index in [0.717, 1.165) is 5.56 Å². The second-order valence-corrected chi connectivity index (χ2v) is 5.65. The Labute approximate surface area is 162 Å². The Balaban J connectivity index is 0.00000576. The minimum absolute atomic E-state index is 0. The third-order valence-corrected chi connectivity index (χ3v) is 3.10. The molecule has 1 rings (SSSR count). The summed E-state index contributed by atoms with van der Waals surface area (Å²) in [4.78, 5) is 7.92. The summed E-state index contributed by atoms with van der Waals surface area (Å²) in [6.45, 7) is 3.50. The van der Waals surface area contributed by atoms with Crippen LogP contribution in [0.25, 0.3) is 0 Å². The van der Waals surface area contributed by atoms with Crippen molar-refractivity contribution in [3.8, 4) is 5.88 Å². The number of nitrogens with one attached hydrogen (secondary N) is 2. The highest BCUT2D eigenvalue weighted by atomic mass is 127. The molecule has 0 bridgehead atoms. The number of rotatable bonds is 7. The van der Waals surface area contributed by atoms with E-state index in [2.05, 4.69) is 25.3 Å². The van der Waals surface area contributed by atoms with Crippen molar-refractivity contribution >= 4 is 29.9 Å². The van der Waals surface area contributed by atoms with Gasteiger partial charge in [0, 0.05) is 39.5 Å². The molecule has 0 spiro atoms. The molecule has 0 amide bonds. The molecule has 0 atom stereocenters. The molecule has 2 N–H and O–H groups in total. The molecule has 0 radical (unpaired) electrons. The topological polar surface area (TPSA) is 67.8 Å². The number of hydrogen-bond donors (Lipinski definition) is 2. The van der Waals surface area contributed by atoms with E-state index in [0.29, 0.717) is 19.0 Å². The molecule has 25 heavy (non-hydrogen) atoms. The fourth-order valence-corrected chi connectivity index (χ4v) is 1.53. The maximum atomic E-state index is 12.1. The third-order valence-electron chi connectivity index (χ3n) is 3.10. The molecule has 0 aliphatic carbocycles. The molecule has 0 aromatic carbocycles. The van der Waals surface area contributed by atoms with Crippen molar-refractivity contribution in [1.82, 2.24) is 15.6 Å². The molecule has 6 nitrogen and oxygen atoms in total. The van der Waals surface area contributed by atoms with Gasteiger partial charge in [-0.2, -0.15) is 13.2 Å². The second kappa shape index (κ2) is 10.6. The van der Waals surface area contributed by atoms with Gasteiger partial charge in [-0.3, -0.25) is 4.99 Å². The van der Waals surface area contributed by atoms with Crippen LogP contribution in [0, 0.1) is 0 Å². The molecule has 0 fully saturated rings. The molecular weight excluding hydrogens is 452 g/mol. The molecule has 1 aromatic rings. The number of aliphatic imine (C=N–C) groups is 1. The first-order valence-electron chi connectivity index (χ1n) is 7.29. The molecule has 0 unspecified atom stereocenters. The minimum Gasteiger partial charge on any atom is -0.468 e. The first-order chi connectivity index (χ1) is 11.1. The lowest BCUT2D eigenvalue weighted by Gasteiger charge is -2.24. The lowest BCUT2D eigenvalue weighted by atomic mass is 10.1. The summed E-state index contributed by atoms with van der Waals surface area (Å²) in [5.41, 5.74) is 0.444. The Morgan fingerprint density at radius 1 is 1.24 bits per heavy atom. The largest absolute Gasteiger partial charge is 0.468 e. The molecule has 10 heteroatoms. The zero-order chi connectivity index (χ0) is 18.2. The van der Waals surface area contributed by atoms with Gasteiger partial charge in [0.1, 0.15) is 0 Å². The molecule has 0 saturated heterocycles. The lowest BCUT2D eigenvalue weighted by Crippen LogP contribution is -2.45. The zero-order valence-electron chi connectivity index (χ0n) is 14.6. The number of pyridine rings is 1. The summed E-state index contributed by atoms with van der Waals surface area (Å²) in [7, 11) is 3.27. The van der Waals surface area contributed by atoms with Crippen LogP contribution in [0.1, 0.15) is 19.4 Å². The average molecular weight is 476 g/mol. The maximum Gasteiger partial charge on any atom is 0.422 e. The number of hydrogen-bond acceptors (Lipinski definition) is 4. The predicted octanol–water partition coefficient (Wildman–Crippen LogP) is 2.73. The van der Waals surface area contributed by atoms with Crippen LogP contribution in [0.4, 0.5) is 13.2 Å². The van der Waals surface area contributed by atoms with Gasteiger partial charge in [-0.05, 0) is 19.4 Å². The van der Waals surface area contributed by atoms with Crippen LogP contribution in [0.3, 0.4) is 0 Å². The number of ether oxygens (including phenoxy) is 2. The van der Waals surface area contributed by atoms with Crippen molar-refractivity contribution in [2.24, 2.45) is 4.99 Å². The Morgan fingerprint density at radius 2 is 1.92 bits per heavy atom. The fourth-order valence-electron chi connectivity index (χ4n) is 1.53. The van der Waals surface area contributed by atoms with Crippen molar-refractivity contribution in [1.29, 1.82) is 0 Å². The van der Waals surface area contributed by atoms with Crippen LogP contribution >= 0.6 is 24.0 Å². The van der Waals surface area contributed by atoms with Crippen molar-refractivity contribution in [3.05, 3.63) is 23.9 Å². The van der Waals surface area contributed by atoms with Gasteiger partial charge in [-0.25, -0.2) is 4.98 Å². The highest BCUT2D eigenvalue weighted by molar-refractivity contribution is 14.0. The average Bonchev–Trinajstić information content (AvgIpc) is 2.53. The van der Waals surface area contributed by atoms with E-state index in [4.69, 9.17) is 4.74 Å². The maximum absolute atomic E-state index is 12.1. The Kier molecular flexibility index (Phi) is 10.1. The number of aromatic nitrogens is 1. The zero-order valence-corrected chi connectivity index (χ0v) is 16.9. The van der Waals surface area contributed by atoms with E-state index in [1.54, 1.807) is 20.2 Å². The van der Waals surface area contributed by atoms with Gasteiger partial charge >= 0.3 is 6.18 Å². The Bertz CT molecular complexity index is 537. The third kappa shape index (κ3) is 10.3. The van der Waals surface area contributed by atoms with E-state index in [-0.39, 0.29) is 35.5 Å². The van der Waals surface area contributed by atoms with E-state index < -0.39 is 12.8 Å². The molecule has 0 aliphatic heterocycles. The van der Waals surface area contributed by atoms with E-state index in [1.807, 2.05) is 13.8 Å². The first kappa shape index (κ1) is 23.7. The summed E-state index contributed by atoms with van der Waals surface area (Å²) >= 11 is 0. The Morgan fingerprint density at radius 3 is 2.40 bits per heavy atom. The SMILES string of the molecule is CN=C(NCc1ccc(OCC(F)(F)F)nc1)NCC(C)(C)OC.I. The van der Waals surface area contributed by atoms with Gasteiger partial charge in [0.2, 0.25) is 5.88 Å². The van der Waals surface area contributed by atoms with Gasteiger partial charge in [0.25, 0.3) is 0 Å². The summed E-state index contributed by atoms with van der Waals surface area (Å²) < 4.78 is 46.0. The lowest BCUT2D eigenvalue weighted by molar-refractivity contribution is -0.154. The van der Waals surface area contributed by atoms with Gasteiger partial charge in [0.05, 0.1) is 5.60 Å². The quantitative estimate of drug-likeness (QED) is 0.360. The number of nitrogens with zero attached hydrogens (tertiary/aromatic N) is 2. The van der Waals surface area contributed by atoms with Gasteiger partial charge in [-0.15, -0.1) is 24.0 Å². The van der Waals surface area contributed by atoms with E-state index >= 15 is 0 Å². The highest BCUT2D eigenvalue weighted by Gasteiger charge is 2.28. The van der Waals surface area contributed by atoms with Crippen LogP contribution < -0.4 is 15.4 Å². The smallest absolute Gasteiger partial charge is 0.422 e. The number of methoxy groups -OCH3 is 1. The number of alkyl halides is 3. The number of halogens is 4. The molecule has 1 aromatic heterocycles. The van der Waals surface area contributed by atoms with Gasteiger partial charge in [0.15, 0.2) is 12.6 Å².